The molecule has 0 spiro atoms. The van der Waals surface area contributed by atoms with Crippen LogP contribution in [0.1, 0.15) is 18.6 Å². The summed E-state index contributed by atoms with van der Waals surface area (Å²) in [5.41, 5.74) is 0.733. The lowest BCUT2D eigenvalue weighted by molar-refractivity contribution is -0.153. The zero-order chi connectivity index (χ0) is 21.1. The van der Waals surface area contributed by atoms with Crippen LogP contribution in [0.4, 0.5) is 5.13 Å². The van der Waals surface area contributed by atoms with Crippen molar-refractivity contribution in [1.82, 2.24) is 14.5 Å². The normalized spacial score (nSPS) is 21.7. The number of carbonyl (C=O) groups excluding carboxylic acids is 1. The third-order valence-electron chi connectivity index (χ3n) is 4.94. The average molecular weight is 490 g/mol. The van der Waals surface area contributed by atoms with E-state index in [1.807, 2.05) is 35.2 Å². The van der Waals surface area contributed by atoms with E-state index in [9.17, 15) is 10.0 Å². The smallest absolute Gasteiger partial charge is 0.310 e. The fourth-order valence-electron chi connectivity index (χ4n) is 3.49. The van der Waals surface area contributed by atoms with Crippen LogP contribution in [0.2, 0.25) is 0 Å². The molecule has 1 aliphatic heterocycles. The number of benzene rings is 1. The number of terminal acetylenes is 1. The minimum atomic E-state index is -0.909. The summed E-state index contributed by atoms with van der Waals surface area (Å²) in [5.74, 6) is 2.97. The first kappa shape index (κ1) is 21.0. The molecule has 0 saturated carbocycles. The van der Waals surface area contributed by atoms with Crippen LogP contribution in [-0.2, 0) is 16.0 Å². The summed E-state index contributed by atoms with van der Waals surface area (Å²) in [6.07, 6.45) is 7.56. The monoisotopic (exact) mass is 489 g/mol. The molecule has 0 radical (unpaired) electrons. The number of hydroxylamine groups is 2. The number of rotatable bonds is 7. The van der Waals surface area contributed by atoms with Gasteiger partial charge in [-0.15, -0.1) is 6.42 Å². The SMILES string of the molecule is C#CCN1CC(OC(=O)CCCc2ccco2)[N+]([O-])(c2nc3cccc(Br)c3s2)C1. The number of hydrogen-bond donors (Lipinski definition) is 0. The molecule has 4 rings (SSSR count). The van der Waals surface area contributed by atoms with Crippen molar-refractivity contribution in [3.8, 4) is 12.3 Å². The van der Waals surface area contributed by atoms with Crippen molar-refractivity contribution in [2.45, 2.75) is 25.5 Å². The third-order valence-corrected chi connectivity index (χ3v) is 7.08. The van der Waals surface area contributed by atoms with Crippen molar-refractivity contribution >= 4 is 48.6 Å². The number of nitrogens with zero attached hydrogens (tertiary/aromatic N) is 3. The van der Waals surface area contributed by atoms with Gasteiger partial charge in [-0.05, 0) is 46.6 Å². The molecule has 2 atom stereocenters. The standard InChI is InChI=1S/C21H20BrN3O4S/c1-2-11-24-13-18(29-19(26)10-3-6-15-7-5-12-28-15)25(27,14-24)21-23-17-9-4-8-16(22)20(17)30-21/h1,4-5,7-9,12,18H,3,6,10-11,13-14H2. The average Bonchev–Trinajstić information content (AvgIpc) is 3.43. The molecule has 0 aliphatic carbocycles. The highest BCUT2D eigenvalue weighted by atomic mass is 79.9. The Hall–Kier alpha value is -2.22. The minimum Gasteiger partial charge on any atom is -0.622 e. The van der Waals surface area contributed by atoms with Crippen LogP contribution in [0.15, 0.2) is 45.5 Å². The van der Waals surface area contributed by atoms with Crippen molar-refractivity contribution in [1.29, 1.82) is 0 Å². The van der Waals surface area contributed by atoms with Gasteiger partial charge in [-0.3, -0.25) is 9.44 Å². The van der Waals surface area contributed by atoms with Crippen LogP contribution in [0.3, 0.4) is 0 Å². The topological polar surface area (TPSA) is 78.6 Å². The lowest BCUT2D eigenvalue weighted by Gasteiger charge is -2.38. The zero-order valence-electron chi connectivity index (χ0n) is 16.1. The summed E-state index contributed by atoms with van der Waals surface area (Å²) in [7, 11) is 0. The summed E-state index contributed by atoms with van der Waals surface area (Å²) in [4.78, 5) is 18.8. The van der Waals surface area contributed by atoms with Crippen LogP contribution in [0, 0.1) is 17.6 Å². The van der Waals surface area contributed by atoms with E-state index in [4.69, 9.17) is 15.6 Å². The molecule has 7 nitrogen and oxygen atoms in total. The maximum absolute atomic E-state index is 13.9. The Morgan fingerprint density at radius 2 is 2.33 bits per heavy atom. The molecular formula is C21H20BrN3O4S. The molecule has 1 aliphatic rings. The van der Waals surface area contributed by atoms with E-state index in [0.29, 0.717) is 24.5 Å². The Morgan fingerprint density at radius 1 is 1.47 bits per heavy atom. The predicted octanol–water partition coefficient (Wildman–Crippen LogP) is 4.26. The molecule has 0 bridgehead atoms. The van der Waals surface area contributed by atoms with Crippen molar-refractivity contribution < 1.29 is 13.9 Å². The van der Waals surface area contributed by atoms with Gasteiger partial charge in [-0.1, -0.05) is 23.3 Å². The predicted molar refractivity (Wildman–Crippen MR) is 119 cm³/mol. The molecular weight excluding hydrogens is 470 g/mol. The fourth-order valence-corrected chi connectivity index (χ4v) is 5.13. The van der Waals surface area contributed by atoms with E-state index in [0.717, 1.165) is 20.4 Å². The van der Waals surface area contributed by atoms with Gasteiger partial charge < -0.3 is 14.4 Å². The Kier molecular flexibility index (Phi) is 6.22. The van der Waals surface area contributed by atoms with Gasteiger partial charge in [0.15, 0.2) is 0 Å². The van der Waals surface area contributed by atoms with Crippen LogP contribution in [0.5, 0.6) is 0 Å². The third kappa shape index (κ3) is 4.29. The second-order valence-electron chi connectivity index (χ2n) is 7.11. The van der Waals surface area contributed by atoms with Gasteiger partial charge in [0.2, 0.25) is 0 Å². The first-order valence-electron chi connectivity index (χ1n) is 9.51. The maximum atomic E-state index is 13.9. The summed E-state index contributed by atoms with van der Waals surface area (Å²) >= 11 is 4.81. The van der Waals surface area contributed by atoms with Gasteiger partial charge in [0.05, 0.1) is 29.6 Å². The van der Waals surface area contributed by atoms with E-state index < -0.39 is 16.8 Å². The first-order chi connectivity index (χ1) is 14.5. The number of esters is 1. The summed E-state index contributed by atoms with van der Waals surface area (Å²) < 4.78 is 11.8. The molecule has 30 heavy (non-hydrogen) atoms. The van der Waals surface area contributed by atoms with Gasteiger partial charge in [0, 0.05) is 17.3 Å². The number of halogens is 1. The number of fused-ring (bicyclic) bond motifs is 1. The number of ether oxygens (including phenoxy) is 1. The number of aryl methyl sites for hydroxylation is 1. The lowest BCUT2D eigenvalue weighted by Crippen LogP contribution is -2.50. The molecule has 2 aromatic heterocycles. The van der Waals surface area contributed by atoms with Gasteiger partial charge in [0.25, 0.3) is 11.4 Å². The Balaban J connectivity index is 1.50. The molecule has 1 saturated heterocycles. The molecule has 2 unspecified atom stereocenters. The lowest BCUT2D eigenvalue weighted by atomic mass is 10.2. The summed E-state index contributed by atoms with van der Waals surface area (Å²) in [6.45, 7) is 0.671. The van der Waals surface area contributed by atoms with Crippen molar-refractivity contribution in [2.24, 2.45) is 0 Å². The quantitative estimate of drug-likeness (QED) is 0.213. The van der Waals surface area contributed by atoms with Gasteiger partial charge in [0.1, 0.15) is 12.4 Å². The molecule has 156 valence electrons. The van der Waals surface area contributed by atoms with E-state index in [1.54, 1.807) is 6.26 Å². The molecule has 3 aromatic rings. The molecule has 0 N–H and O–H groups in total. The molecule has 0 amide bonds. The number of furan rings is 1. The second-order valence-corrected chi connectivity index (χ2v) is 8.95. The molecule has 1 fully saturated rings. The van der Waals surface area contributed by atoms with E-state index in [1.165, 1.54) is 11.3 Å². The minimum absolute atomic E-state index is 0.0893. The fraction of sp³-hybridized carbons (Fsp3) is 0.333. The molecule has 1 aromatic carbocycles. The van der Waals surface area contributed by atoms with Crippen LogP contribution in [-0.4, -0.2) is 41.8 Å². The summed E-state index contributed by atoms with van der Waals surface area (Å²) in [5, 5.41) is 14.2. The maximum Gasteiger partial charge on any atom is 0.310 e. The largest absolute Gasteiger partial charge is 0.622 e. The highest BCUT2D eigenvalue weighted by molar-refractivity contribution is 9.10. The molecule has 9 heteroatoms. The van der Waals surface area contributed by atoms with Crippen molar-refractivity contribution in [3.63, 3.8) is 0 Å². The van der Waals surface area contributed by atoms with Crippen molar-refractivity contribution in [2.75, 3.05) is 19.8 Å². The van der Waals surface area contributed by atoms with Crippen molar-refractivity contribution in [3.05, 3.63) is 52.0 Å². The van der Waals surface area contributed by atoms with Crippen LogP contribution in [0.25, 0.3) is 10.2 Å². The Bertz CT molecular complexity index is 1080. The number of quaternary nitrogens is 1. The summed E-state index contributed by atoms with van der Waals surface area (Å²) in [6, 6.07) is 9.31. The number of hydrogen-bond acceptors (Lipinski definition) is 7. The van der Waals surface area contributed by atoms with Gasteiger partial charge in [-0.25, -0.2) is 4.90 Å². The van der Waals surface area contributed by atoms with E-state index in [-0.39, 0.29) is 19.6 Å². The zero-order valence-corrected chi connectivity index (χ0v) is 18.5. The highest BCUT2D eigenvalue weighted by Gasteiger charge is 2.46. The van der Waals surface area contributed by atoms with Gasteiger partial charge in [-0.2, -0.15) is 4.98 Å². The second kappa shape index (κ2) is 8.88. The van der Waals surface area contributed by atoms with Crippen LogP contribution < -0.4 is 4.65 Å². The van der Waals surface area contributed by atoms with Crippen LogP contribution >= 0.6 is 27.3 Å². The Labute approximate surface area is 186 Å². The van der Waals surface area contributed by atoms with Gasteiger partial charge >= 0.3 is 5.97 Å². The number of thiazole rings is 1. The highest BCUT2D eigenvalue weighted by Crippen LogP contribution is 2.40. The van der Waals surface area contributed by atoms with E-state index in [2.05, 4.69) is 26.8 Å². The molecule has 3 heterocycles. The van der Waals surface area contributed by atoms with E-state index >= 15 is 0 Å². The number of aromatic nitrogens is 1. The first-order valence-corrected chi connectivity index (χ1v) is 11.1. The Morgan fingerprint density at radius 3 is 3.07 bits per heavy atom. The number of carbonyl (C=O) groups is 1.